The summed E-state index contributed by atoms with van der Waals surface area (Å²) in [5, 5.41) is 12.1. The van der Waals surface area contributed by atoms with Gasteiger partial charge in [-0.2, -0.15) is 0 Å². The highest BCUT2D eigenvalue weighted by Crippen LogP contribution is 2.24. The van der Waals surface area contributed by atoms with Crippen molar-refractivity contribution in [3.8, 4) is 5.75 Å². The first-order valence-corrected chi connectivity index (χ1v) is 6.12. The SMILES string of the molecule is CC(Br)CNC(=O)c1ccc(Br)c(O)c1. The van der Waals surface area contributed by atoms with Crippen LogP contribution in [0.4, 0.5) is 0 Å². The van der Waals surface area contributed by atoms with E-state index in [0.717, 1.165) is 0 Å². The quantitative estimate of drug-likeness (QED) is 0.834. The number of benzene rings is 1. The number of hydrogen-bond acceptors (Lipinski definition) is 2. The van der Waals surface area contributed by atoms with Crippen LogP contribution in [-0.2, 0) is 0 Å². The average molecular weight is 337 g/mol. The second-order valence-corrected chi connectivity index (χ2v) is 5.57. The van der Waals surface area contributed by atoms with Crippen molar-refractivity contribution in [3.63, 3.8) is 0 Å². The molecule has 1 atom stereocenters. The Morgan fingerprint density at radius 2 is 2.27 bits per heavy atom. The highest BCUT2D eigenvalue weighted by atomic mass is 79.9. The van der Waals surface area contributed by atoms with Gasteiger partial charge >= 0.3 is 0 Å². The van der Waals surface area contributed by atoms with E-state index in [0.29, 0.717) is 16.6 Å². The van der Waals surface area contributed by atoms with E-state index in [1.807, 2.05) is 6.92 Å². The van der Waals surface area contributed by atoms with Gasteiger partial charge in [0.15, 0.2) is 0 Å². The average Bonchev–Trinajstić information content (AvgIpc) is 2.18. The van der Waals surface area contributed by atoms with Crippen LogP contribution < -0.4 is 5.32 Å². The van der Waals surface area contributed by atoms with E-state index in [2.05, 4.69) is 37.2 Å². The Bertz CT molecular complexity index is 366. The molecule has 0 aliphatic rings. The van der Waals surface area contributed by atoms with Crippen molar-refractivity contribution < 1.29 is 9.90 Å². The van der Waals surface area contributed by atoms with Gasteiger partial charge in [-0.1, -0.05) is 22.9 Å². The van der Waals surface area contributed by atoms with Crippen molar-refractivity contribution in [2.24, 2.45) is 0 Å². The lowest BCUT2D eigenvalue weighted by Gasteiger charge is -2.07. The topological polar surface area (TPSA) is 49.3 Å². The van der Waals surface area contributed by atoms with Gasteiger partial charge in [-0.25, -0.2) is 0 Å². The third kappa shape index (κ3) is 3.83. The van der Waals surface area contributed by atoms with Crippen molar-refractivity contribution in [3.05, 3.63) is 28.2 Å². The number of halogens is 2. The molecular formula is C10H11Br2NO2. The molecule has 0 saturated carbocycles. The molecule has 0 saturated heterocycles. The number of nitrogens with one attached hydrogen (secondary N) is 1. The van der Waals surface area contributed by atoms with Crippen LogP contribution in [0.3, 0.4) is 0 Å². The number of carbonyl (C=O) groups is 1. The summed E-state index contributed by atoms with van der Waals surface area (Å²) in [7, 11) is 0. The lowest BCUT2D eigenvalue weighted by molar-refractivity contribution is 0.0954. The second kappa shape index (κ2) is 5.51. The first kappa shape index (κ1) is 12.5. The van der Waals surface area contributed by atoms with Gasteiger partial charge < -0.3 is 10.4 Å². The Balaban J connectivity index is 2.70. The maximum atomic E-state index is 11.6. The van der Waals surface area contributed by atoms with E-state index < -0.39 is 0 Å². The van der Waals surface area contributed by atoms with E-state index in [1.54, 1.807) is 12.1 Å². The Hall–Kier alpha value is -0.550. The first-order chi connectivity index (χ1) is 7.00. The molecule has 0 radical (unpaired) electrons. The summed E-state index contributed by atoms with van der Waals surface area (Å²) in [6, 6.07) is 4.72. The number of hydrogen-bond donors (Lipinski definition) is 2. The van der Waals surface area contributed by atoms with Gasteiger partial charge in [0.25, 0.3) is 5.91 Å². The molecule has 0 heterocycles. The fraction of sp³-hybridized carbons (Fsp3) is 0.300. The molecule has 1 aromatic rings. The van der Waals surface area contributed by atoms with Crippen LogP contribution in [0.2, 0.25) is 0 Å². The second-order valence-electron chi connectivity index (χ2n) is 3.16. The largest absolute Gasteiger partial charge is 0.507 e. The lowest BCUT2D eigenvalue weighted by atomic mass is 10.2. The minimum absolute atomic E-state index is 0.0644. The molecular weight excluding hydrogens is 326 g/mol. The van der Waals surface area contributed by atoms with E-state index in [9.17, 15) is 9.90 Å². The maximum absolute atomic E-state index is 11.6. The lowest BCUT2D eigenvalue weighted by Crippen LogP contribution is -2.28. The fourth-order valence-corrected chi connectivity index (χ4v) is 1.40. The van der Waals surface area contributed by atoms with E-state index in [-0.39, 0.29) is 16.5 Å². The summed E-state index contributed by atoms with van der Waals surface area (Å²) in [4.78, 5) is 11.8. The van der Waals surface area contributed by atoms with Crippen LogP contribution in [0.1, 0.15) is 17.3 Å². The summed E-state index contributed by atoms with van der Waals surface area (Å²) in [5.41, 5.74) is 0.448. The number of carbonyl (C=O) groups excluding carboxylic acids is 1. The molecule has 0 aromatic heterocycles. The van der Waals surface area contributed by atoms with Crippen LogP contribution >= 0.6 is 31.9 Å². The molecule has 2 N–H and O–H groups in total. The fourth-order valence-electron chi connectivity index (χ4n) is 0.989. The zero-order valence-electron chi connectivity index (χ0n) is 8.13. The van der Waals surface area contributed by atoms with E-state index in [1.165, 1.54) is 6.07 Å². The van der Waals surface area contributed by atoms with Crippen LogP contribution in [0.15, 0.2) is 22.7 Å². The van der Waals surface area contributed by atoms with Crippen LogP contribution in [0.5, 0.6) is 5.75 Å². The number of alkyl halides is 1. The molecule has 1 aromatic carbocycles. The van der Waals surface area contributed by atoms with Gasteiger partial charge in [0.1, 0.15) is 5.75 Å². The number of aromatic hydroxyl groups is 1. The Morgan fingerprint density at radius 1 is 1.60 bits per heavy atom. The van der Waals surface area contributed by atoms with Crippen LogP contribution in [0, 0.1) is 0 Å². The molecule has 0 spiro atoms. The standard InChI is InChI=1S/C10H11Br2NO2/c1-6(11)5-13-10(15)7-2-3-8(12)9(14)4-7/h2-4,6,14H,5H2,1H3,(H,13,15). The Kier molecular flexibility index (Phi) is 4.60. The van der Waals surface area contributed by atoms with Gasteiger partial charge in [-0.15, -0.1) is 0 Å². The predicted octanol–water partition coefficient (Wildman–Crippen LogP) is 2.67. The first-order valence-electron chi connectivity index (χ1n) is 4.41. The molecule has 0 aliphatic carbocycles. The molecule has 1 amide bonds. The van der Waals surface area contributed by atoms with E-state index >= 15 is 0 Å². The highest BCUT2D eigenvalue weighted by Gasteiger charge is 2.08. The Morgan fingerprint density at radius 3 is 2.80 bits per heavy atom. The smallest absolute Gasteiger partial charge is 0.251 e. The molecule has 15 heavy (non-hydrogen) atoms. The predicted molar refractivity (Wildman–Crippen MR) is 66.5 cm³/mol. The highest BCUT2D eigenvalue weighted by molar-refractivity contribution is 9.10. The van der Waals surface area contributed by atoms with Gasteiger partial charge in [0, 0.05) is 16.9 Å². The molecule has 3 nitrogen and oxygen atoms in total. The van der Waals surface area contributed by atoms with Crippen molar-refractivity contribution >= 4 is 37.8 Å². The molecule has 1 unspecified atom stereocenters. The van der Waals surface area contributed by atoms with Crippen LogP contribution in [-0.4, -0.2) is 22.4 Å². The Labute approximate surface area is 105 Å². The zero-order valence-corrected chi connectivity index (χ0v) is 11.3. The normalized spacial score (nSPS) is 12.2. The monoisotopic (exact) mass is 335 g/mol. The molecule has 5 heteroatoms. The molecule has 82 valence electrons. The molecule has 0 aliphatic heterocycles. The minimum Gasteiger partial charge on any atom is -0.507 e. The number of phenols is 1. The minimum atomic E-state index is -0.191. The zero-order chi connectivity index (χ0) is 11.4. The number of amides is 1. The third-order valence-corrected chi connectivity index (χ3v) is 2.75. The van der Waals surface area contributed by atoms with Gasteiger partial charge in [0.2, 0.25) is 0 Å². The molecule has 0 bridgehead atoms. The summed E-state index contributed by atoms with van der Waals surface area (Å²) in [6.07, 6.45) is 0. The van der Waals surface area contributed by atoms with Gasteiger partial charge in [0.05, 0.1) is 4.47 Å². The summed E-state index contributed by atoms with van der Waals surface area (Å²) in [5.74, 6) is -0.126. The number of phenolic OH excluding ortho intramolecular Hbond substituents is 1. The van der Waals surface area contributed by atoms with Crippen molar-refractivity contribution in [1.82, 2.24) is 5.32 Å². The van der Waals surface area contributed by atoms with Crippen LogP contribution in [0.25, 0.3) is 0 Å². The van der Waals surface area contributed by atoms with Gasteiger partial charge in [-0.3, -0.25) is 4.79 Å². The van der Waals surface area contributed by atoms with Crippen molar-refractivity contribution in [2.45, 2.75) is 11.8 Å². The summed E-state index contributed by atoms with van der Waals surface area (Å²) >= 11 is 6.48. The molecule has 0 fully saturated rings. The van der Waals surface area contributed by atoms with Crippen molar-refractivity contribution in [2.75, 3.05) is 6.54 Å². The van der Waals surface area contributed by atoms with Crippen molar-refractivity contribution in [1.29, 1.82) is 0 Å². The van der Waals surface area contributed by atoms with Gasteiger partial charge in [-0.05, 0) is 34.1 Å². The third-order valence-electron chi connectivity index (χ3n) is 1.75. The number of rotatable bonds is 3. The summed E-state index contributed by atoms with van der Waals surface area (Å²) < 4.78 is 0.577. The van der Waals surface area contributed by atoms with E-state index in [4.69, 9.17) is 0 Å². The summed E-state index contributed by atoms with van der Waals surface area (Å²) in [6.45, 7) is 2.50. The maximum Gasteiger partial charge on any atom is 0.251 e. The molecule has 1 rings (SSSR count).